The molecule has 37 heavy (non-hydrogen) atoms. The molecule has 0 bridgehead atoms. The molecule has 8 nitrogen and oxygen atoms in total. The first-order chi connectivity index (χ1) is 17.5. The normalized spacial score (nSPS) is 14.9. The summed E-state index contributed by atoms with van der Waals surface area (Å²) in [6.45, 7) is 5.96. The van der Waals surface area contributed by atoms with Crippen molar-refractivity contribution in [3.05, 3.63) is 89.5 Å². The van der Waals surface area contributed by atoms with E-state index in [-0.39, 0.29) is 48.4 Å². The van der Waals surface area contributed by atoms with Crippen LogP contribution in [0.15, 0.2) is 82.6 Å². The number of sulfonamides is 2. The van der Waals surface area contributed by atoms with E-state index in [0.29, 0.717) is 5.69 Å². The van der Waals surface area contributed by atoms with Crippen LogP contribution in [-0.4, -0.2) is 64.7 Å². The second-order valence-electron chi connectivity index (χ2n) is 9.19. The highest BCUT2D eigenvalue weighted by Gasteiger charge is 2.33. The van der Waals surface area contributed by atoms with E-state index in [1.54, 1.807) is 54.6 Å². The van der Waals surface area contributed by atoms with Crippen LogP contribution >= 0.6 is 0 Å². The first kappa shape index (κ1) is 26.8. The second kappa shape index (κ2) is 10.6. The van der Waals surface area contributed by atoms with Crippen molar-refractivity contribution in [1.82, 2.24) is 9.21 Å². The van der Waals surface area contributed by atoms with Crippen LogP contribution in [0.2, 0.25) is 0 Å². The maximum atomic E-state index is 13.6. The topological polar surface area (TPSA) is 95.1 Å². The van der Waals surface area contributed by atoms with Crippen LogP contribution < -0.4 is 4.31 Å². The van der Waals surface area contributed by atoms with Crippen molar-refractivity contribution in [2.75, 3.05) is 37.0 Å². The number of benzene rings is 3. The summed E-state index contributed by atoms with van der Waals surface area (Å²) in [7, 11) is -7.68. The molecular formula is C27H31N3O5S2. The van der Waals surface area contributed by atoms with Gasteiger partial charge in [0.1, 0.15) is 6.54 Å². The maximum absolute atomic E-state index is 13.6. The molecule has 0 N–H and O–H groups in total. The predicted octanol–water partition coefficient (Wildman–Crippen LogP) is 3.34. The SMILES string of the molecule is Cc1ccc(S(=O)(=O)N2CCN(C(=O)CN(c3ccc(C)c(C)c3)S(=O)(=O)c3ccccc3)CC2)cc1. The highest BCUT2D eigenvalue weighted by atomic mass is 32.2. The lowest BCUT2D eigenvalue weighted by atomic mass is 10.1. The molecule has 10 heteroatoms. The Morgan fingerprint density at radius 3 is 1.97 bits per heavy atom. The summed E-state index contributed by atoms with van der Waals surface area (Å²) in [4.78, 5) is 15.2. The fourth-order valence-electron chi connectivity index (χ4n) is 4.18. The van der Waals surface area contributed by atoms with E-state index in [1.807, 2.05) is 26.8 Å². The molecule has 3 aromatic carbocycles. The zero-order valence-corrected chi connectivity index (χ0v) is 22.8. The van der Waals surface area contributed by atoms with E-state index in [1.165, 1.54) is 21.3 Å². The summed E-state index contributed by atoms with van der Waals surface area (Å²) in [6.07, 6.45) is 0. The number of piperazine rings is 1. The molecule has 1 fully saturated rings. The van der Waals surface area contributed by atoms with Gasteiger partial charge >= 0.3 is 0 Å². The van der Waals surface area contributed by atoms with Gasteiger partial charge in [-0.25, -0.2) is 16.8 Å². The van der Waals surface area contributed by atoms with Crippen LogP contribution in [0.3, 0.4) is 0 Å². The minimum atomic E-state index is -4.01. The van der Waals surface area contributed by atoms with Crippen molar-refractivity contribution < 1.29 is 21.6 Å². The molecule has 0 atom stereocenters. The summed E-state index contributed by atoms with van der Waals surface area (Å²) in [5.41, 5.74) is 3.29. The van der Waals surface area contributed by atoms with Gasteiger partial charge < -0.3 is 4.90 Å². The third-order valence-corrected chi connectivity index (χ3v) is 10.3. The average molecular weight is 542 g/mol. The Morgan fingerprint density at radius 2 is 1.38 bits per heavy atom. The molecule has 1 aliphatic rings. The van der Waals surface area contributed by atoms with E-state index < -0.39 is 20.0 Å². The van der Waals surface area contributed by atoms with Crippen molar-refractivity contribution in [2.24, 2.45) is 0 Å². The van der Waals surface area contributed by atoms with Gasteiger partial charge in [-0.05, 0) is 68.3 Å². The molecule has 3 aromatic rings. The minimum absolute atomic E-state index is 0.0926. The molecule has 0 unspecified atom stereocenters. The molecule has 1 amide bonds. The molecule has 0 saturated carbocycles. The van der Waals surface area contributed by atoms with Crippen LogP contribution in [0.25, 0.3) is 0 Å². The highest BCUT2D eigenvalue weighted by molar-refractivity contribution is 7.92. The van der Waals surface area contributed by atoms with Gasteiger partial charge in [-0.1, -0.05) is 42.0 Å². The second-order valence-corrected chi connectivity index (χ2v) is 13.0. The molecule has 196 valence electrons. The largest absolute Gasteiger partial charge is 0.338 e. The van der Waals surface area contributed by atoms with Crippen LogP contribution in [0, 0.1) is 20.8 Å². The number of carbonyl (C=O) groups excluding carboxylic acids is 1. The van der Waals surface area contributed by atoms with Crippen molar-refractivity contribution >= 4 is 31.6 Å². The van der Waals surface area contributed by atoms with E-state index >= 15 is 0 Å². The number of hydrogen-bond donors (Lipinski definition) is 0. The van der Waals surface area contributed by atoms with E-state index in [0.717, 1.165) is 21.0 Å². The van der Waals surface area contributed by atoms with Crippen molar-refractivity contribution in [3.63, 3.8) is 0 Å². The van der Waals surface area contributed by atoms with Gasteiger partial charge in [-0.15, -0.1) is 0 Å². The van der Waals surface area contributed by atoms with Crippen LogP contribution in [0.1, 0.15) is 16.7 Å². The monoisotopic (exact) mass is 541 g/mol. The highest BCUT2D eigenvalue weighted by Crippen LogP contribution is 2.26. The fraction of sp³-hybridized carbons (Fsp3) is 0.296. The van der Waals surface area contributed by atoms with Gasteiger partial charge in [0.15, 0.2) is 0 Å². The van der Waals surface area contributed by atoms with Gasteiger partial charge in [-0.2, -0.15) is 4.31 Å². The summed E-state index contributed by atoms with van der Waals surface area (Å²) in [5.74, 6) is -0.384. The molecule has 0 radical (unpaired) electrons. The summed E-state index contributed by atoms with van der Waals surface area (Å²) < 4.78 is 55.7. The lowest BCUT2D eigenvalue weighted by Gasteiger charge is -2.35. The Hall–Kier alpha value is -3.21. The number of amides is 1. The van der Waals surface area contributed by atoms with Crippen LogP contribution in [0.4, 0.5) is 5.69 Å². The molecule has 4 rings (SSSR count). The Balaban J connectivity index is 1.53. The first-order valence-corrected chi connectivity index (χ1v) is 14.9. The van der Waals surface area contributed by atoms with E-state index in [9.17, 15) is 21.6 Å². The molecule has 1 saturated heterocycles. The van der Waals surface area contributed by atoms with Crippen LogP contribution in [-0.2, 0) is 24.8 Å². The summed E-state index contributed by atoms with van der Waals surface area (Å²) in [6, 6.07) is 20.0. The number of carbonyl (C=O) groups is 1. The number of nitrogens with zero attached hydrogens (tertiary/aromatic N) is 3. The van der Waals surface area contributed by atoms with Gasteiger partial charge in [-0.3, -0.25) is 9.10 Å². The molecule has 1 heterocycles. The molecular weight excluding hydrogens is 510 g/mol. The summed E-state index contributed by atoms with van der Waals surface area (Å²) in [5, 5.41) is 0. The number of rotatable bonds is 7. The third-order valence-electron chi connectivity index (χ3n) is 6.64. The molecule has 0 aliphatic carbocycles. The Labute approximate surface area is 219 Å². The zero-order chi connectivity index (χ0) is 26.8. The Morgan fingerprint density at radius 1 is 0.757 bits per heavy atom. The third kappa shape index (κ3) is 5.71. The lowest BCUT2D eigenvalue weighted by Crippen LogP contribution is -2.53. The van der Waals surface area contributed by atoms with E-state index in [4.69, 9.17) is 0 Å². The average Bonchev–Trinajstić information content (AvgIpc) is 2.89. The van der Waals surface area contributed by atoms with Gasteiger partial charge in [0.25, 0.3) is 10.0 Å². The quantitative estimate of drug-likeness (QED) is 0.457. The van der Waals surface area contributed by atoms with Crippen LogP contribution in [0.5, 0.6) is 0 Å². The first-order valence-electron chi connectivity index (χ1n) is 12.0. The summed E-state index contributed by atoms with van der Waals surface area (Å²) >= 11 is 0. The van der Waals surface area contributed by atoms with Crippen molar-refractivity contribution in [3.8, 4) is 0 Å². The number of hydrogen-bond acceptors (Lipinski definition) is 5. The molecule has 1 aliphatic heterocycles. The standard InChI is InChI=1S/C27H31N3O5S2/c1-21-9-13-26(14-10-21)36(32,33)29-17-15-28(16-18-29)27(31)20-30(24-12-11-22(2)23(3)19-24)37(34,35)25-7-5-4-6-8-25/h4-14,19H,15-18,20H2,1-3H3. The zero-order valence-electron chi connectivity index (χ0n) is 21.2. The van der Waals surface area contributed by atoms with E-state index in [2.05, 4.69) is 0 Å². The van der Waals surface area contributed by atoms with Crippen molar-refractivity contribution in [1.29, 1.82) is 0 Å². The fourth-order valence-corrected chi connectivity index (χ4v) is 7.02. The van der Waals surface area contributed by atoms with Crippen molar-refractivity contribution in [2.45, 2.75) is 30.6 Å². The minimum Gasteiger partial charge on any atom is -0.338 e. The number of anilines is 1. The predicted molar refractivity (Wildman–Crippen MR) is 143 cm³/mol. The van der Waals surface area contributed by atoms with Gasteiger partial charge in [0, 0.05) is 26.2 Å². The Kier molecular flexibility index (Phi) is 7.72. The molecule has 0 spiro atoms. The van der Waals surface area contributed by atoms with Gasteiger partial charge in [0.05, 0.1) is 15.5 Å². The Bertz CT molecular complexity index is 1480. The molecule has 0 aromatic heterocycles. The van der Waals surface area contributed by atoms with Gasteiger partial charge in [0.2, 0.25) is 15.9 Å². The number of aryl methyl sites for hydroxylation is 3. The maximum Gasteiger partial charge on any atom is 0.264 e. The smallest absolute Gasteiger partial charge is 0.264 e. The lowest BCUT2D eigenvalue weighted by molar-refractivity contribution is -0.130.